The molecule has 3 aromatic rings. The molecule has 0 unspecified atom stereocenters. The van der Waals surface area contributed by atoms with Crippen LogP contribution in [0.3, 0.4) is 0 Å². The smallest absolute Gasteiger partial charge is 0.268 e. The first-order valence-corrected chi connectivity index (χ1v) is 11.2. The van der Waals surface area contributed by atoms with Crippen LogP contribution >= 0.6 is 11.3 Å². The van der Waals surface area contributed by atoms with Crippen molar-refractivity contribution in [3.8, 4) is 0 Å². The molecule has 0 fully saturated rings. The van der Waals surface area contributed by atoms with Gasteiger partial charge in [0, 0.05) is 18.3 Å². The van der Waals surface area contributed by atoms with Crippen LogP contribution in [-0.4, -0.2) is 20.9 Å². The summed E-state index contributed by atoms with van der Waals surface area (Å²) in [6.07, 6.45) is 1.57. The number of aryl methyl sites for hydroxylation is 1. The van der Waals surface area contributed by atoms with E-state index in [1.54, 1.807) is 35.2 Å². The Morgan fingerprint density at radius 2 is 1.93 bits per heavy atom. The third kappa shape index (κ3) is 3.88. The van der Waals surface area contributed by atoms with Gasteiger partial charge in [-0.1, -0.05) is 12.1 Å². The summed E-state index contributed by atoms with van der Waals surface area (Å²) in [6.45, 7) is 0.520. The number of halogens is 2. The van der Waals surface area contributed by atoms with Crippen LogP contribution in [0.4, 0.5) is 20.2 Å². The van der Waals surface area contributed by atoms with Crippen molar-refractivity contribution in [1.29, 1.82) is 0 Å². The Morgan fingerprint density at radius 1 is 1.10 bits per heavy atom. The summed E-state index contributed by atoms with van der Waals surface area (Å²) in [6, 6.07) is 10.7. The van der Waals surface area contributed by atoms with Gasteiger partial charge in [-0.25, -0.2) is 17.2 Å². The van der Waals surface area contributed by atoms with Crippen molar-refractivity contribution in [3.63, 3.8) is 0 Å². The Labute approximate surface area is 170 Å². The topological polar surface area (TPSA) is 66.5 Å². The van der Waals surface area contributed by atoms with E-state index in [-0.39, 0.29) is 11.6 Å². The fraction of sp³-hybridized carbons (Fsp3) is 0.150. The highest BCUT2D eigenvalue weighted by molar-refractivity contribution is 7.92. The molecule has 0 atom stereocenters. The number of rotatable bonds is 4. The number of benzene rings is 2. The normalized spacial score (nSPS) is 13.8. The number of carbonyl (C=O) groups excluding carboxylic acids is 1. The molecular weight excluding hydrogens is 418 g/mol. The number of hydrogen-bond acceptors (Lipinski definition) is 4. The zero-order valence-corrected chi connectivity index (χ0v) is 16.7. The lowest BCUT2D eigenvalue weighted by Crippen LogP contribution is -2.35. The SMILES string of the molecule is O=C(c1cccs1)N1CCCc2ccc(NS(=O)(=O)c3ccc(F)cc3F)cc21. The van der Waals surface area contributed by atoms with E-state index >= 15 is 0 Å². The number of nitrogens with one attached hydrogen (secondary N) is 1. The third-order valence-corrected chi connectivity index (χ3v) is 6.89. The number of amides is 1. The molecule has 1 N–H and O–H groups in total. The first-order chi connectivity index (χ1) is 13.8. The molecule has 2 aromatic carbocycles. The number of hydrogen-bond donors (Lipinski definition) is 1. The molecule has 1 aromatic heterocycles. The van der Waals surface area contributed by atoms with E-state index < -0.39 is 26.6 Å². The van der Waals surface area contributed by atoms with E-state index in [0.29, 0.717) is 23.2 Å². The van der Waals surface area contributed by atoms with Gasteiger partial charge < -0.3 is 4.90 Å². The minimum absolute atomic E-state index is 0.148. The summed E-state index contributed by atoms with van der Waals surface area (Å²) in [5.74, 6) is -2.19. The zero-order valence-electron chi connectivity index (χ0n) is 15.1. The lowest BCUT2D eigenvalue weighted by molar-refractivity contribution is 0.0989. The fourth-order valence-corrected chi connectivity index (χ4v) is 5.07. The van der Waals surface area contributed by atoms with E-state index in [1.165, 1.54) is 11.3 Å². The maximum absolute atomic E-state index is 13.9. The lowest BCUT2D eigenvalue weighted by Gasteiger charge is -2.29. The molecule has 1 amide bonds. The molecule has 150 valence electrons. The number of anilines is 2. The van der Waals surface area contributed by atoms with Crippen LogP contribution in [0.1, 0.15) is 21.7 Å². The molecule has 29 heavy (non-hydrogen) atoms. The Morgan fingerprint density at radius 3 is 2.66 bits per heavy atom. The number of sulfonamides is 1. The minimum atomic E-state index is -4.26. The molecular formula is C20H16F2N2O3S2. The number of thiophene rings is 1. The number of carbonyl (C=O) groups is 1. The maximum Gasteiger partial charge on any atom is 0.268 e. The Bertz CT molecular complexity index is 1180. The second kappa shape index (κ2) is 7.57. The van der Waals surface area contributed by atoms with E-state index in [4.69, 9.17) is 0 Å². The van der Waals surface area contributed by atoms with Crippen LogP contribution in [0.2, 0.25) is 0 Å². The molecule has 5 nitrogen and oxygen atoms in total. The lowest BCUT2D eigenvalue weighted by atomic mass is 10.0. The molecule has 0 bridgehead atoms. The highest BCUT2D eigenvalue weighted by atomic mass is 32.2. The summed E-state index contributed by atoms with van der Waals surface area (Å²) in [5, 5.41) is 1.82. The molecule has 0 saturated heterocycles. The van der Waals surface area contributed by atoms with E-state index in [9.17, 15) is 22.0 Å². The zero-order chi connectivity index (χ0) is 20.6. The molecule has 9 heteroatoms. The Kier molecular flexibility index (Phi) is 5.10. The van der Waals surface area contributed by atoms with Crippen LogP contribution in [0, 0.1) is 11.6 Å². The summed E-state index contributed by atoms with van der Waals surface area (Å²) >= 11 is 1.34. The van der Waals surface area contributed by atoms with Gasteiger partial charge in [-0.05, 0) is 54.1 Å². The molecule has 0 aliphatic carbocycles. The number of fused-ring (bicyclic) bond motifs is 1. The first kappa shape index (κ1) is 19.5. The molecule has 2 heterocycles. The van der Waals surface area contributed by atoms with Gasteiger partial charge in [-0.3, -0.25) is 9.52 Å². The van der Waals surface area contributed by atoms with Gasteiger partial charge in [0.15, 0.2) is 0 Å². The summed E-state index contributed by atoms with van der Waals surface area (Å²) < 4.78 is 54.4. The van der Waals surface area contributed by atoms with Gasteiger partial charge in [0.2, 0.25) is 0 Å². The van der Waals surface area contributed by atoms with Gasteiger partial charge in [0.05, 0.1) is 10.6 Å². The van der Waals surface area contributed by atoms with Crippen molar-refractivity contribution in [2.24, 2.45) is 0 Å². The van der Waals surface area contributed by atoms with Gasteiger partial charge in [-0.15, -0.1) is 11.3 Å². The summed E-state index contributed by atoms with van der Waals surface area (Å²) in [4.78, 5) is 14.4. The van der Waals surface area contributed by atoms with Crippen molar-refractivity contribution in [2.75, 3.05) is 16.2 Å². The van der Waals surface area contributed by atoms with Crippen LogP contribution in [-0.2, 0) is 16.4 Å². The van der Waals surface area contributed by atoms with Gasteiger partial charge in [0.25, 0.3) is 15.9 Å². The van der Waals surface area contributed by atoms with Crippen molar-refractivity contribution < 1.29 is 22.0 Å². The largest absolute Gasteiger partial charge is 0.307 e. The predicted octanol–water partition coefficient (Wildman–Crippen LogP) is 4.42. The molecule has 0 radical (unpaired) electrons. The predicted molar refractivity (Wildman–Crippen MR) is 108 cm³/mol. The average molecular weight is 434 g/mol. The molecule has 0 spiro atoms. The fourth-order valence-electron chi connectivity index (χ4n) is 3.29. The van der Waals surface area contributed by atoms with Crippen LogP contribution in [0.15, 0.2) is 58.8 Å². The summed E-state index contributed by atoms with van der Waals surface area (Å²) in [7, 11) is -4.26. The van der Waals surface area contributed by atoms with Gasteiger partial charge in [-0.2, -0.15) is 0 Å². The second-order valence-corrected chi connectivity index (χ2v) is 9.16. The maximum atomic E-state index is 13.9. The Balaban J connectivity index is 1.67. The second-order valence-electron chi connectivity index (χ2n) is 6.56. The molecule has 1 aliphatic rings. The number of nitrogens with zero attached hydrogens (tertiary/aromatic N) is 1. The highest BCUT2D eigenvalue weighted by Crippen LogP contribution is 2.32. The van der Waals surface area contributed by atoms with Crippen molar-refractivity contribution in [3.05, 3.63) is 76.0 Å². The van der Waals surface area contributed by atoms with Crippen LogP contribution in [0.5, 0.6) is 0 Å². The van der Waals surface area contributed by atoms with E-state index in [1.807, 2.05) is 5.38 Å². The minimum Gasteiger partial charge on any atom is -0.307 e. The third-order valence-electron chi connectivity index (χ3n) is 4.62. The summed E-state index contributed by atoms with van der Waals surface area (Å²) in [5.41, 5.74) is 1.74. The van der Waals surface area contributed by atoms with Crippen molar-refractivity contribution in [2.45, 2.75) is 17.7 Å². The quantitative estimate of drug-likeness (QED) is 0.661. The van der Waals surface area contributed by atoms with Gasteiger partial charge in [0.1, 0.15) is 16.5 Å². The average Bonchev–Trinajstić information content (AvgIpc) is 3.21. The highest BCUT2D eigenvalue weighted by Gasteiger charge is 2.26. The molecule has 4 rings (SSSR count). The van der Waals surface area contributed by atoms with Crippen molar-refractivity contribution >= 4 is 38.6 Å². The van der Waals surface area contributed by atoms with Gasteiger partial charge >= 0.3 is 0 Å². The van der Waals surface area contributed by atoms with Crippen molar-refractivity contribution in [1.82, 2.24) is 0 Å². The van der Waals surface area contributed by atoms with E-state index in [2.05, 4.69) is 4.72 Å². The van der Waals surface area contributed by atoms with Crippen LogP contribution < -0.4 is 9.62 Å². The van der Waals surface area contributed by atoms with Crippen LogP contribution in [0.25, 0.3) is 0 Å². The standard InChI is InChI=1S/C20H16F2N2O3S2/c21-14-6-8-19(16(22)11-14)29(26,27)23-15-7-5-13-3-1-9-24(17(13)12-15)20(25)18-4-2-10-28-18/h2,4-8,10-12,23H,1,3,9H2. The van der Waals surface area contributed by atoms with E-state index in [0.717, 1.165) is 30.5 Å². The first-order valence-electron chi connectivity index (χ1n) is 8.81. The monoisotopic (exact) mass is 434 g/mol. The molecule has 0 saturated carbocycles. The Hall–Kier alpha value is -2.78. The molecule has 1 aliphatic heterocycles.